The number of rotatable bonds is 4. The third kappa shape index (κ3) is 3.34. The summed E-state index contributed by atoms with van der Waals surface area (Å²) >= 11 is 0. The number of hydrogen-bond donors (Lipinski definition) is 1. The van der Waals surface area contributed by atoms with E-state index in [2.05, 4.69) is 15.4 Å². The molecule has 1 fully saturated rings. The molecule has 1 aliphatic heterocycles. The highest BCUT2D eigenvalue weighted by Crippen LogP contribution is 2.22. The first-order valence-corrected chi connectivity index (χ1v) is 7.22. The third-order valence-electron chi connectivity index (χ3n) is 3.76. The number of hydrogen-bond acceptors (Lipinski definition) is 6. The zero-order valence-corrected chi connectivity index (χ0v) is 12.3. The van der Waals surface area contributed by atoms with Crippen molar-refractivity contribution in [2.75, 3.05) is 19.6 Å². The highest BCUT2D eigenvalue weighted by Gasteiger charge is 2.28. The van der Waals surface area contributed by atoms with E-state index in [4.69, 9.17) is 0 Å². The third-order valence-corrected chi connectivity index (χ3v) is 3.76. The number of carbonyl (C=O) groups is 1. The quantitative estimate of drug-likeness (QED) is 0.645. The van der Waals surface area contributed by atoms with Crippen LogP contribution >= 0.6 is 0 Å². The maximum Gasteiger partial charge on any atom is 0.307 e. The van der Waals surface area contributed by atoms with Crippen molar-refractivity contribution in [3.05, 3.63) is 52.6 Å². The predicted molar refractivity (Wildman–Crippen MR) is 80.4 cm³/mol. The minimum atomic E-state index is -0.531. The minimum absolute atomic E-state index is 0.0232. The fourth-order valence-electron chi connectivity index (χ4n) is 2.64. The summed E-state index contributed by atoms with van der Waals surface area (Å²) in [6, 6.07) is 3.67. The van der Waals surface area contributed by atoms with Crippen LogP contribution in [-0.4, -0.2) is 50.1 Å². The van der Waals surface area contributed by atoms with Gasteiger partial charge in [-0.25, -0.2) is 0 Å². The molecule has 120 valence electrons. The molecule has 3 heterocycles. The van der Waals surface area contributed by atoms with Crippen molar-refractivity contribution < 1.29 is 9.72 Å². The lowest BCUT2D eigenvalue weighted by Gasteiger charge is -2.36. The first kappa shape index (κ1) is 15.1. The van der Waals surface area contributed by atoms with Crippen molar-refractivity contribution in [1.29, 1.82) is 0 Å². The van der Waals surface area contributed by atoms with Crippen molar-refractivity contribution in [2.45, 2.75) is 12.6 Å². The summed E-state index contributed by atoms with van der Waals surface area (Å²) in [4.78, 5) is 28.6. The second kappa shape index (κ2) is 6.53. The van der Waals surface area contributed by atoms with E-state index in [0.29, 0.717) is 19.6 Å². The number of amides is 1. The van der Waals surface area contributed by atoms with Crippen LogP contribution < -0.4 is 5.32 Å². The summed E-state index contributed by atoms with van der Waals surface area (Å²) in [5, 5.41) is 17.8. The highest BCUT2D eigenvalue weighted by molar-refractivity contribution is 5.76. The number of nitrogens with zero attached hydrogens (tertiary/aromatic N) is 5. The first-order valence-electron chi connectivity index (χ1n) is 7.22. The van der Waals surface area contributed by atoms with E-state index in [9.17, 15) is 14.9 Å². The number of aromatic nitrogens is 3. The maximum absolute atomic E-state index is 12.6. The fraction of sp³-hybridized carbons (Fsp3) is 0.357. The van der Waals surface area contributed by atoms with Gasteiger partial charge in [-0.2, -0.15) is 5.10 Å². The van der Waals surface area contributed by atoms with Crippen LogP contribution in [0.5, 0.6) is 0 Å². The van der Waals surface area contributed by atoms with Crippen molar-refractivity contribution in [2.24, 2.45) is 0 Å². The van der Waals surface area contributed by atoms with Gasteiger partial charge in [0.15, 0.2) is 0 Å². The molecule has 3 rings (SSSR count). The van der Waals surface area contributed by atoms with Crippen LogP contribution in [0, 0.1) is 10.1 Å². The molecule has 2 aromatic rings. The van der Waals surface area contributed by atoms with Gasteiger partial charge in [0.1, 0.15) is 18.9 Å². The molecular weight excluding hydrogens is 300 g/mol. The summed E-state index contributed by atoms with van der Waals surface area (Å²) in [5.74, 6) is -0.127. The fourth-order valence-corrected chi connectivity index (χ4v) is 2.64. The van der Waals surface area contributed by atoms with E-state index in [1.54, 1.807) is 17.3 Å². The molecule has 1 amide bonds. The van der Waals surface area contributed by atoms with E-state index in [0.717, 1.165) is 11.8 Å². The molecule has 9 heteroatoms. The lowest BCUT2D eigenvalue weighted by molar-refractivity contribution is -0.385. The molecule has 1 unspecified atom stereocenters. The highest BCUT2D eigenvalue weighted by atomic mass is 16.6. The zero-order chi connectivity index (χ0) is 16.2. The van der Waals surface area contributed by atoms with E-state index in [-0.39, 0.29) is 24.2 Å². The zero-order valence-electron chi connectivity index (χ0n) is 12.3. The Kier molecular flexibility index (Phi) is 4.29. The van der Waals surface area contributed by atoms with Gasteiger partial charge in [0.2, 0.25) is 5.91 Å². The lowest BCUT2D eigenvalue weighted by Crippen LogP contribution is -2.49. The SMILES string of the molecule is O=C(Cn1cc([N+](=O)[O-])cn1)N1CCNCC1c1cccnc1. The van der Waals surface area contributed by atoms with Gasteiger partial charge >= 0.3 is 5.69 Å². The topological polar surface area (TPSA) is 106 Å². The molecule has 1 atom stereocenters. The van der Waals surface area contributed by atoms with Crippen molar-refractivity contribution in [1.82, 2.24) is 25.0 Å². The second-order valence-corrected chi connectivity index (χ2v) is 5.25. The molecule has 1 aliphatic rings. The van der Waals surface area contributed by atoms with Crippen LogP contribution in [0.1, 0.15) is 11.6 Å². The monoisotopic (exact) mass is 316 g/mol. The van der Waals surface area contributed by atoms with Crippen LogP contribution in [-0.2, 0) is 11.3 Å². The number of carbonyl (C=O) groups excluding carboxylic acids is 1. The van der Waals surface area contributed by atoms with Crippen LogP contribution in [0.2, 0.25) is 0 Å². The Labute approximate surface area is 132 Å². The summed E-state index contributed by atoms with van der Waals surface area (Å²) in [6.07, 6.45) is 5.84. The van der Waals surface area contributed by atoms with Crippen LogP contribution in [0.15, 0.2) is 36.9 Å². The molecule has 0 aromatic carbocycles. The standard InChI is InChI=1S/C14H16N6O3/c21-14(10-18-9-12(7-17-18)20(22)23)19-5-4-16-8-13(19)11-2-1-3-15-6-11/h1-3,6-7,9,13,16H,4-5,8,10H2. The smallest absolute Gasteiger partial charge is 0.307 e. The Morgan fingerprint density at radius 3 is 3.04 bits per heavy atom. The minimum Gasteiger partial charge on any atom is -0.331 e. The molecule has 0 bridgehead atoms. The van der Waals surface area contributed by atoms with Crippen LogP contribution in [0.3, 0.4) is 0 Å². The Bertz CT molecular complexity index is 702. The van der Waals surface area contributed by atoms with E-state index in [1.807, 2.05) is 12.1 Å². The lowest BCUT2D eigenvalue weighted by atomic mass is 10.1. The van der Waals surface area contributed by atoms with E-state index in [1.165, 1.54) is 10.9 Å². The molecule has 2 aromatic heterocycles. The molecule has 9 nitrogen and oxygen atoms in total. The van der Waals surface area contributed by atoms with E-state index < -0.39 is 4.92 Å². The number of pyridine rings is 1. The van der Waals surface area contributed by atoms with Gasteiger partial charge in [0.25, 0.3) is 0 Å². The van der Waals surface area contributed by atoms with Crippen LogP contribution in [0.25, 0.3) is 0 Å². The molecule has 1 N–H and O–H groups in total. The summed E-state index contributed by atoms with van der Waals surface area (Å²) < 4.78 is 1.29. The predicted octanol–water partition coefficient (Wildman–Crippen LogP) is 0.359. The van der Waals surface area contributed by atoms with Gasteiger partial charge in [-0.15, -0.1) is 0 Å². The van der Waals surface area contributed by atoms with E-state index >= 15 is 0 Å². The van der Waals surface area contributed by atoms with Gasteiger partial charge in [-0.1, -0.05) is 6.07 Å². The Hall–Kier alpha value is -2.81. The van der Waals surface area contributed by atoms with Crippen molar-refractivity contribution in [3.63, 3.8) is 0 Å². The van der Waals surface area contributed by atoms with Gasteiger partial charge in [0.05, 0.1) is 11.0 Å². The number of nitrogens with one attached hydrogen (secondary N) is 1. The van der Waals surface area contributed by atoms with Crippen molar-refractivity contribution in [3.8, 4) is 0 Å². The average molecular weight is 316 g/mol. The van der Waals surface area contributed by atoms with Crippen molar-refractivity contribution >= 4 is 11.6 Å². The number of nitro groups is 1. The van der Waals surface area contributed by atoms with Gasteiger partial charge < -0.3 is 10.2 Å². The molecule has 23 heavy (non-hydrogen) atoms. The molecule has 1 saturated heterocycles. The largest absolute Gasteiger partial charge is 0.331 e. The summed E-state index contributed by atoms with van der Waals surface area (Å²) in [6.45, 7) is 1.91. The normalized spacial score (nSPS) is 17.9. The average Bonchev–Trinajstić information content (AvgIpc) is 3.04. The summed E-state index contributed by atoms with van der Waals surface area (Å²) in [5.41, 5.74) is 0.835. The maximum atomic E-state index is 12.6. The Morgan fingerprint density at radius 1 is 1.48 bits per heavy atom. The van der Waals surface area contributed by atoms with Gasteiger partial charge in [0, 0.05) is 32.0 Å². The van der Waals surface area contributed by atoms with Gasteiger partial charge in [-0.3, -0.25) is 24.6 Å². The molecule has 0 spiro atoms. The molecule has 0 radical (unpaired) electrons. The second-order valence-electron chi connectivity index (χ2n) is 5.25. The van der Waals surface area contributed by atoms with Gasteiger partial charge in [-0.05, 0) is 11.6 Å². The molecule has 0 saturated carbocycles. The Balaban J connectivity index is 1.74. The Morgan fingerprint density at radius 2 is 2.35 bits per heavy atom. The molecular formula is C14H16N6O3. The summed E-state index contributed by atoms with van der Waals surface area (Å²) in [7, 11) is 0. The number of piperazine rings is 1. The molecule has 0 aliphatic carbocycles. The first-order chi connectivity index (χ1) is 11.1. The van der Waals surface area contributed by atoms with Crippen LogP contribution in [0.4, 0.5) is 5.69 Å².